The second-order valence-corrected chi connectivity index (χ2v) is 6.06. The highest BCUT2D eigenvalue weighted by molar-refractivity contribution is 9.11. The van der Waals surface area contributed by atoms with Gasteiger partial charge in [0.2, 0.25) is 0 Å². The van der Waals surface area contributed by atoms with Crippen LogP contribution in [-0.4, -0.2) is 15.7 Å². The number of rotatable bonds is 3. The third-order valence-corrected chi connectivity index (χ3v) is 4.00. The van der Waals surface area contributed by atoms with Gasteiger partial charge in [-0.15, -0.1) is 0 Å². The number of hydrogen-bond donors (Lipinski definition) is 2. The SMILES string of the molecule is CCn1cc(N)c(C(=O)Nc2c(Br)cc(C)cc2Br)n1. The monoisotopic (exact) mass is 400 g/mol. The quantitative estimate of drug-likeness (QED) is 0.825. The molecule has 0 aliphatic carbocycles. The maximum Gasteiger partial charge on any atom is 0.278 e. The van der Waals surface area contributed by atoms with E-state index >= 15 is 0 Å². The largest absolute Gasteiger partial charge is 0.396 e. The predicted molar refractivity (Wildman–Crippen MR) is 86.8 cm³/mol. The van der Waals surface area contributed by atoms with Gasteiger partial charge in [0.15, 0.2) is 5.69 Å². The van der Waals surface area contributed by atoms with Gasteiger partial charge in [0.25, 0.3) is 5.91 Å². The van der Waals surface area contributed by atoms with E-state index in [1.54, 1.807) is 10.9 Å². The van der Waals surface area contributed by atoms with E-state index in [0.717, 1.165) is 14.5 Å². The molecule has 1 heterocycles. The van der Waals surface area contributed by atoms with Gasteiger partial charge in [0, 0.05) is 21.7 Å². The minimum Gasteiger partial charge on any atom is -0.396 e. The minimum absolute atomic E-state index is 0.228. The Morgan fingerprint density at radius 1 is 1.40 bits per heavy atom. The van der Waals surface area contributed by atoms with Crippen LogP contribution in [0.15, 0.2) is 27.3 Å². The molecule has 0 saturated heterocycles. The van der Waals surface area contributed by atoms with E-state index in [1.165, 1.54) is 0 Å². The number of aryl methyl sites for hydroxylation is 2. The molecule has 0 fully saturated rings. The van der Waals surface area contributed by atoms with Crippen molar-refractivity contribution in [3.8, 4) is 0 Å². The lowest BCUT2D eigenvalue weighted by Crippen LogP contribution is -2.15. The Kier molecular flexibility index (Phi) is 4.49. The molecule has 106 valence electrons. The van der Waals surface area contributed by atoms with Crippen molar-refractivity contribution < 1.29 is 4.79 Å². The van der Waals surface area contributed by atoms with Gasteiger partial charge in [-0.25, -0.2) is 0 Å². The van der Waals surface area contributed by atoms with Gasteiger partial charge >= 0.3 is 0 Å². The molecule has 1 aromatic carbocycles. The van der Waals surface area contributed by atoms with Crippen molar-refractivity contribution in [1.29, 1.82) is 0 Å². The summed E-state index contributed by atoms with van der Waals surface area (Å²) in [5.41, 5.74) is 8.14. The van der Waals surface area contributed by atoms with Gasteiger partial charge in [-0.1, -0.05) is 0 Å². The van der Waals surface area contributed by atoms with E-state index in [0.29, 0.717) is 17.9 Å². The summed E-state index contributed by atoms with van der Waals surface area (Å²) in [7, 11) is 0. The summed E-state index contributed by atoms with van der Waals surface area (Å²) < 4.78 is 3.22. The third kappa shape index (κ3) is 3.04. The molecular formula is C13H14Br2N4O. The fourth-order valence-corrected chi connectivity index (χ4v) is 3.38. The number of halogens is 2. The summed E-state index contributed by atoms with van der Waals surface area (Å²) in [6, 6.07) is 3.85. The van der Waals surface area contributed by atoms with Crippen LogP contribution in [0.1, 0.15) is 23.0 Å². The van der Waals surface area contributed by atoms with Crippen LogP contribution in [0.25, 0.3) is 0 Å². The number of carbonyl (C=O) groups excluding carboxylic acids is 1. The number of nitrogen functional groups attached to an aromatic ring is 1. The van der Waals surface area contributed by atoms with Crippen molar-refractivity contribution in [2.24, 2.45) is 0 Å². The van der Waals surface area contributed by atoms with Gasteiger partial charge in [-0.05, 0) is 63.4 Å². The maximum absolute atomic E-state index is 12.2. The number of nitrogens with one attached hydrogen (secondary N) is 1. The number of aromatic nitrogens is 2. The fraction of sp³-hybridized carbons (Fsp3) is 0.231. The Hall–Kier alpha value is -1.34. The van der Waals surface area contributed by atoms with Crippen molar-refractivity contribution in [1.82, 2.24) is 9.78 Å². The number of hydrogen-bond acceptors (Lipinski definition) is 3. The molecule has 0 saturated carbocycles. The van der Waals surface area contributed by atoms with Crippen LogP contribution in [0.5, 0.6) is 0 Å². The Labute approximate surface area is 133 Å². The van der Waals surface area contributed by atoms with Crippen LogP contribution in [0.3, 0.4) is 0 Å². The van der Waals surface area contributed by atoms with Gasteiger partial charge in [0.1, 0.15) is 0 Å². The first kappa shape index (κ1) is 15.1. The summed E-state index contributed by atoms with van der Waals surface area (Å²) in [5.74, 6) is -0.333. The number of nitrogens with zero attached hydrogens (tertiary/aromatic N) is 2. The number of carbonyl (C=O) groups is 1. The average molecular weight is 402 g/mol. The van der Waals surface area contributed by atoms with Crippen LogP contribution >= 0.6 is 31.9 Å². The molecule has 0 atom stereocenters. The number of benzene rings is 1. The molecule has 0 spiro atoms. The smallest absolute Gasteiger partial charge is 0.278 e. The Morgan fingerprint density at radius 3 is 2.50 bits per heavy atom. The maximum atomic E-state index is 12.2. The van der Waals surface area contributed by atoms with Crippen LogP contribution in [-0.2, 0) is 6.54 Å². The standard InChI is InChI=1S/C13H14Br2N4O/c1-3-19-6-10(16)12(18-19)13(20)17-11-8(14)4-7(2)5-9(11)15/h4-6H,3,16H2,1-2H3,(H,17,20). The van der Waals surface area contributed by atoms with Crippen LogP contribution in [0.4, 0.5) is 11.4 Å². The molecule has 0 unspecified atom stereocenters. The highest BCUT2D eigenvalue weighted by Crippen LogP contribution is 2.32. The molecule has 0 bridgehead atoms. The van der Waals surface area contributed by atoms with Crippen LogP contribution in [0, 0.1) is 6.92 Å². The normalized spacial score (nSPS) is 10.6. The van der Waals surface area contributed by atoms with Crippen molar-refractivity contribution in [2.45, 2.75) is 20.4 Å². The molecule has 0 aliphatic heterocycles. The molecule has 1 amide bonds. The van der Waals surface area contributed by atoms with Crippen molar-refractivity contribution in [3.63, 3.8) is 0 Å². The van der Waals surface area contributed by atoms with Crippen LogP contribution in [0.2, 0.25) is 0 Å². The Morgan fingerprint density at radius 2 is 2.00 bits per heavy atom. The second kappa shape index (κ2) is 5.97. The molecular weight excluding hydrogens is 388 g/mol. The van der Waals surface area contributed by atoms with Gasteiger partial charge in [-0.3, -0.25) is 9.48 Å². The third-order valence-electron chi connectivity index (χ3n) is 2.75. The first-order valence-electron chi connectivity index (χ1n) is 6.02. The van der Waals surface area contributed by atoms with E-state index in [1.807, 2.05) is 26.0 Å². The molecule has 7 heteroatoms. The Bertz CT molecular complexity index is 643. The number of nitrogens with two attached hydrogens (primary N) is 1. The Balaban J connectivity index is 2.30. The molecule has 2 rings (SSSR count). The summed E-state index contributed by atoms with van der Waals surface area (Å²) in [6.07, 6.45) is 1.65. The van der Waals surface area contributed by atoms with Crippen molar-refractivity contribution >= 4 is 49.1 Å². The van der Waals surface area contributed by atoms with Gasteiger partial charge in [0.05, 0.1) is 11.4 Å². The zero-order valence-electron chi connectivity index (χ0n) is 11.1. The highest BCUT2D eigenvalue weighted by Gasteiger charge is 2.17. The first-order chi connectivity index (χ1) is 9.42. The molecule has 5 nitrogen and oxygen atoms in total. The summed E-state index contributed by atoms with van der Waals surface area (Å²) in [5, 5.41) is 6.96. The van der Waals surface area contributed by atoms with Gasteiger partial charge < -0.3 is 11.1 Å². The van der Waals surface area contributed by atoms with Gasteiger partial charge in [-0.2, -0.15) is 5.10 Å². The zero-order valence-corrected chi connectivity index (χ0v) is 14.2. The van der Waals surface area contributed by atoms with E-state index in [9.17, 15) is 4.79 Å². The molecule has 1 aromatic heterocycles. The van der Waals surface area contributed by atoms with Crippen molar-refractivity contribution in [3.05, 3.63) is 38.5 Å². The highest BCUT2D eigenvalue weighted by atomic mass is 79.9. The van der Waals surface area contributed by atoms with Crippen LogP contribution < -0.4 is 11.1 Å². The number of anilines is 2. The molecule has 0 radical (unpaired) electrons. The molecule has 3 N–H and O–H groups in total. The minimum atomic E-state index is -0.333. The molecule has 20 heavy (non-hydrogen) atoms. The first-order valence-corrected chi connectivity index (χ1v) is 7.61. The zero-order chi connectivity index (χ0) is 14.9. The summed E-state index contributed by atoms with van der Waals surface area (Å²) in [6.45, 7) is 4.57. The average Bonchev–Trinajstić information content (AvgIpc) is 2.75. The van der Waals surface area contributed by atoms with E-state index in [2.05, 4.69) is 42.3 Å². The van der Waals surface area contributed by atoms with E-state index in [4.69, 9.17) is 5.73 Å². The van der Waals surface area contributed by atoms with Crippen molar-refractivity contribution in [2.75, 3.05) is 11.1 Å². The predicted octanol–water partition coefficient (Wildman–Crippen LogP) is 3.57. The lowest BCUT2D eigenvalue weighted by molar-refractivity contribution is 0.102. The fourth-order valence-electron chi connectivity index (χ4n) is 1.77. The lowest BCUT2D eigenvalue weighted by Gasteiger charge is -2.10. The van der Waals surface area contributed by atoms with E-state index in [-0.39, 0.29) is 11.6 Å². The molecule has 2 aromatic rings. The summed E-state index contributed by atoms with van der Waals surface area (Å²) in [4.78, 5) is 12.2. The van der Waals surface area contributed by atoms with E-state index < -0.39 is 0 Å². The topological polar surface area (TPSA) is 72.9 Å². The number of amides is 1. The molecule has 0 aliphatic rings. The lowest BCUT2D eigenvalue weighted by atomic mass is 10.2. The summed E-state index contributed by atoms with van der Waals surface area (Å²) >= 11 is 6.87. The second-order valence-electron chi connectivity index (χ2n) is 4.35.